The lowest BCUT2D eigenvalue weighted by Gasteiger charge is -2.27. The van der Waals surface area contributed by atoms with E-state index >= 15 is 0 Å². The summed E-state index contributed by atoms with van der Waals surface area (Å²) in [7, 11) is 4.51. The molecule has 0 saturated heterocycles. The fraction of sp³-hybridized carbons (Fsp3) is 0.333. The molecule has 41 heavy (non-hydrogen) atoms. The molecule has 3 aromatic carbocycles. The van der Waals surface area contributed by atoms with Gasteiger partial charge in [0.15, 0.2) is 0 Å². The van der Waals surface area contributed by atoms with E-state index in [2.05, 4.69) is 10.6 Å². The number of fused-ring (bicyclic) bond motifs is 2. The molecular weight excluding hydrogens is 526 g/mol. The van der Waals surface area contributed by atoms with Crippen molar-refractivity contribution in [1.82, 2.24) is 10.6 Å². The van der Waals surface area contributed by atoms with Crippen LogP contribution in [-0.2, 0) is 25.7 Å². The van der Waals surface area contributed by atoms with Crippen molar-refractivity contribution in [3.05, 3.63) is 65.7 Å². The third-order valence-corrected chi connectivity index (χ3v) is 7.24. The Labute approximate surface area is 238 Å². The van der Waals surface area contributed by atoms with Crippen LogP contribution in [0.2, 0.25) is 0 Å². The zero-order valence-electron chi connectivity index (χ0n) is 23.6. The topological polar surface area (TPSA) is 143 Å². The molecule has 0 bridgehead atoms. The van der Waals surface area contributed by atoms with Crippen LogP contribution in [0.1, 0.15) is 29.3 Å². The number of benzene rings is 3. The molecule has 0 aromatic heterocycles. The highest BCUT2D eigenvalue weighted by atomic mass is 16.5. The van der Waals surface area contributed by atoms with Gasteiger partial charge in [-0.15, -0.1) is 0 Å². The minimum Gasteiger partial charge on any atom is -0.496 e. The van der Waals surface area contributed by atoms with Crippen molar-refractivity contribution in [2.24, 2.45) is 5.73 Å². The van der Waals surface area contributed by atoms with E-state index in [4.69, 9.17) is 15.2 Å². The summed E-state index contributed by atoms with van der Waals surface area (Å²) in [5.41, 5.74) is 7.83. The van der Waals surface area contributed by atoms with Gasteiger partial charge in [-0.2, -0.15) is 0 Å². The van der Waals surface area contributed by atoms with Gasteiger partial charge >= 0.3 is 5.97 Å². The Morgan fingerprint density at radius 1 is 1.07 bits per heavy atom. The number of para-hydroxylation sites is 2. The first-order valence-electron chi connectivity index (χ1n) is 13.3. The van der Waals surface area contributed by atoms with Gasteiger partial charge in [0.2, 0.25) is 11.8 Å². The molecule has 2 unspecified atom stereocenters. The average Bonchev–Trinajstić information content (AvgIpc) is 3.10. The lowest BCUT2D eigenvalue weighted by atomic mass is 10.00. The smallest absolute Gasteiger partial charge is 0.337 e. The molecule has 0 radical (unpaired) electrons. The molecule has 4 rings (SSSR count). The van der Waals surface area contributed by atoms with Gasteiger partial charge in [0.1, 0.15) is 11.8 Å². The fourth-order valence-corrected chi connectivity index (χ4v) is 4.91. The zero-order valence-corrected chi connectivity index (χ0v) is 23.6. The molecule has 11 nitrogen and oxygen atoms in total. The Morgan fingerprint density at radius 2 is 1.80 bits per heavy atom. The summed E-state index contributed by atoms with van der Waals surface area (Å²) in [6, 6.07) is 14.3. The van der Waals surface area contributed by atoms with Gasteiger partial charge in [0.05, 0.1) is 50.3 Å². The largest absolute Gasteiger partial charge is 0.496 e. The lowest BCUT2D eigenvalue weighted by molar-refractivity contribution is -0.128. The van der Waals surface area contributed by atoms with E-state index in [0.717, 1.165) is 10.8 Å². The SMILES string of the molecule is CNC(C)C(=O)NC1CN(C(=O)CCN)c2ccccc2N(Cc2c(OC)ccc3cc(C(=O)OC)ccc23)C1=O. The maximum absolute atomic E-state index is 14.2. The number of anilines is 2. The Kier molecular flexibility index (Phi) is 9.21. The summed E-state index contributed by atoms with van der Waals surface area (Å²) in [5, 5.41) is 7.23. The van der Waals surface area contributed by atoms with Gasteiger partial charge in [0.25, 0.3) is 5.91 Å². The first kappa shape index (κ1) is 29.5. The van der Waals surface area contributed by atoms with Gasteiger partial charge in [-0.1, -0.05) is 24.3 Å². The van der Waals surface area contributed by atoms with Crippen molar-refractivity contribution in [2.75, 3.05) is 44.2 Å². The summed E-state index contributed by atoms with van der Waals surface area (Å²) >= 11 is 0. The van der Waals surface area contributed by atoms with E-state index in [0.29, 0.717) is 28.3 Å². The number of nitrogens with two attached hydrogens (primary N) is 1. The Balaban J connectivity index is 1.86. The van der Waals surface area contributed by atoms with Crippen molar-refractivity contribution in [1.29, 1.82) is 0 Å². The van der Waals surface area contributed by atoms with Crippen LogP contribution in [0.4, 0.5) is 11.4 Å². The normalized spacial score (nSPS) is 15.6. The third kappa shape index (κ3) is 6.01. The van der Waals surface area contributed by atoms with Gasteiger partial charge in [0, 0.05) is 18.5 Å². The standard InChI is InChI=1S/C30H35N5O6/c1-18(32-2)28(37)33-23-17-34(27(36)13-14-31)24-7-5-6-8-25(24)35(29(23)38)16-22-21-11-9-20(30(39)41-4)15-19(21)10-12-26(22)40-3/h5-12,15,18,23,32H,13-14,16-17,31H2,1-4H3,(H,33,37). The summed E-state index contributed by atoms with van der Waals surface area (Å²) in [6.45, 7) is 1.84. The number of rotatable bonds is 9. The minimum absolute atomic E-state index is 0.0531. The number of amides is 3. The van der Waals surface area contributed by atoms with Gasteiger partial charge in [-0.25, -0.2) is 4.79 Å². The van der Waals surface area contributed by atoms with E-state index in [9.17, 15) is 19.2 Å². The van der Waals surface area contributed by atoms with Gasteiger partial charge in [-0.05, 0) is 55.1 Å². The van der Waals surface area contributed by atoms with E-state index in [-0.39, 0.29) is 43.8 Å². The van der Waals surface area contributed by atoms with Crippen LogP contribution in [0.3, 0.4) is 0 Å². The maximum atomic E-state index is 14.2. The predicted octanol–water partition coefficient (Wildman–Crippen LogP) is 1.96. The molecule has 1 aliphatic rings. The lowest BCUT2D eigenvalue weighted by Crippen LogP contribution is -2.55. The van der Waals surface area contributed by atoms with Crippen LogP contribution >= 0.6 is 0 Å². The number of methoxy groups -OCH3 is 2. The van der Waals surface area contributed by atoms with Crippen LogP contribution in [0.5, 0.6) is 5.75 Å². The van der Waals surface area contributed by atoms with Gasteiger partial charge in [-0.3, -0.25) is 14.4 Å². The highest BCUT2D eigenvalue weighted by Crippen LogP contribution is 2.37. The number of nitrogens with zero attached hydrogens (tertiary/aromatic N) is 2. The first-order valence-corrected chi connectivity index (χ1v) is 13.3. The number of hydrogen-bond donors (Lipinski definition) is 3. The molecule has 1 heterocycles. The third-order valence-electron chi connectivity index (χ3n) is 7.24. The van der Waals surface area contributed by atoms with Crippen molar-refractivity contribution in [2.45, 2.75) is 32.0 Å². The number of nitrogens with one attached hydrogen (secondary N) is 2. The molecule has 3 aromatic rings. The van der Waals surface area contributed by atoms with Crippen molar-refractivity contribution < 1.29 is 28.7 Å². The number of hydrogen-bond acceptors (Lipinski definition) is 8. The molecule has 0 fully saturated rings. The fourth-order valence-electron chi connectivity index (χ4n) is 4.91. The quantitative estimate of drug-likeness (QED) is 0.337. The summed E-state index contributed by atoms with van der Waals surface area (Å²) in [5.74, 6) is -0.937. The van der Waals surface area contributed by atoms with Crippen LogP contribution < -0.4 is 30.9 Å². The number of ether oxygens (including phenoxy) is 2. The number of carbonyl (C=O) groups excluding carboxylic acids is 4. The molecule has 2 atom stereocenters. The molecule has 11 heteroatoms. The Bertz CT molecular complexity index is 1480. The van der Waals surface area contributed by atoms with Crippen LogP contribution in [0, 0.1) is 0 Å². The summed E-state index contributed by atoms with van der Waals surface area (Å²) in [6.07, 6.45) is 0.0791. The van der Waals surface area contributed by atoms with Crippen LogP contribution in [0.15, 0.2) is 54.6 Å². The monoisotopic (exact) mass is 561 g/mol. The average molecular weight is 562 g/mol. The van der Waals surface area contributed by atoms with Crippen molar-refractivity contribution >= 4 is 45.8 Å². The highest BCUT2D eigenvalue weighted by molar-refractivity contribution is 6.08. The predicted molar refractivity (Wildman–Crippen MR) is 156 cm³/mol. The highest BCUT2D eigenvalue weighted by Gasteiger charge is 2.37. The second-order valence-electron chi connectivity index (χ2n) is 9.70. The number of carbonyl (C=O) groups is 4. The maximum Gasteiger partial charge on any atom is 0.337 e. The number of esters is 1. The molecule has 4 N–H and O–H groups in total. The number of likely N-dealkylation sites (N-methyl/N-ethyl adjacent to an activating group) is 1. The van der Waals surface area contributed by atoms with Crippen molar-refractivity contribution in [3.8, 4) is 5.75 Å². The second kappa shape index (κ2) is 12.8. The summed E-state index contributed by atoms with van der Waals surface area (Å²) < 4.78 is 10.6. The van der Waals surface area contributed by atoms with Crippen molar-refractivity contribution in [3.63, 3.8) is 0 Å². The van der Waals surface area contributed by atoms with E-state index in [1.165, 1.54) is 12.0 Å². The Morgan fingerprint density at radius 3 is 2.46 bits per heavy atom. The molecule has 1 aliphatic heterocycles. The molecular formula is C30H35N5O6. The molecule has 0 aliphatic carbocycles. The van der Waals surface area contributed by atoms with E-state index in [1.54, 1.807) is 74.5 Å². The summed E-state index contributed by atoms with van der Waals surface area (Å²) in [4.78, 5) is 55.6. The molecule has 3 amide bonds. The molecule has 0 saturated carbocycles. The first-order chi connectivity index (χ1) is 19.7. The second-order valence-corrected chi connectivity index (χ2v) is 9.70. The van der Waals surface area contributed by atoms with Crippen LogP contribution in [-0.4, -0.2) is 70.1 Å². The van der Waals surface area contributed by atoms with Gasteiger partial charge < -0.3 is 35.6 Å². The Hall–Kier alpha value is -4.48. The molecule has 216 valence electrons. The minimum atomic E-state index is -1.03. The zero-order chi connectivity index (χ0) is 29.7. The van der Waals surface area contributed by atoms with Crippen LogP contribution in [0.25, 0.3) is 10.8 Å². The van der Waals surface area contributed by atoms with E-state index < -0.39 is 18.1 Å². The molecule has 0 spiro atoms. The van der Waals surface area contributed by atoms with E-state index in [1.807, 2.05) is 6.07 Å².